The maximum absolute atomic E-state index is 15.2. The molecular formula is C22H21F3N4S. The minimum atomic E-state index is -3.48. The Balaban J connectivity index is 1.87. The zero-order valence-corrected chi connectivity index (χ0v) is 17.9. The predicted molar refractivity (Wildman–Crippen MR) is 115 cm³/mol. The van der Waals surface area contributed by atoms with Gasteiger partial charge in [0, 0.05) is 10.4 Å². The highest BCUT2D eigenvalue weighted by molar-refractivity contribution is 7.19. The highest BCUT2D eigenvalue weighted by Gasteiger charge is 2.38. The maximum atomic E-state index is 15.2. The van der Waals surface area contributed by atoms with Crippen molar-refractivity contribution >= 4 is 33.2 Å². The van der Waals surface area contributed by atoms with Gasteiger partial charge < -0.3 is 5.32 Å². The van der Waals surface area contributed by atoms with Gasteiger partial charge in [0.2, 0.25) is 5.82 Å². The SMILES string of the molecule is CC1=CC(Nc2nc(C(F)(F)c3ccc(F)cc3)nc3cc(C(C)(C)C)sc23)=NC1. The molecule has 0 unspecified atom stereocenters. The fourth-order valence-electron chi connectivity index (χ4n) is 3.04. The third kappa shape index (κ3) is 3.84. The summed E-state index contributed by atoms with van der Waals surface area (Å²) in [5.41, 5.74) is 0.984. The van der Waals surface area contributed by atoms with Crippen molar-refractivity contribution in [3.8, 4) is 0 Å². The summed E-state index contributed by atoms with van der Waals surface area (Å²) in [5, 5.41) is 3.09. The molecule has 1 N–H and O–H groups in total. The van der Waals surface area contributed by atoms with E-state index in [0.717, 1.165) is 34.7 Å². The van der Waals surface area contributed by atoms with Crippen molar-refractivity contribution in [1.82, 2.24) is 9.97 Å². The number of nitrogens with zero attached hydrogens (tertiary/aromatic N) is 3. The number of nitrogens with one attached hydrogen (secondary N) is 1. The van der Waals surface area contributed by atoms with E-state index in [2.05, 4.69) is 41.0 Å². The van der Waals surface area contributed by atoms with Crippen LogP contribution in [0.4, 0.5) is 19.0 Å². The fraction of sp³-hybridized carbons (Fsp3) is 0.318. The molecule has 30 heavy (non-hydrogen) atoms. The van der Waals surface area contributed by atoms with Gasteiger partial charge in [-0.15, -0.1) is 11.3 Å². The lowest BCUT2D eigenvalue weighted by Gasteiger charge is -2.16. The summed E-state index contributed by atoms with van der Waals surface area (Å²) in [4.78, 5) is 13.8. The lowest BCUT2D eigenvalue weighted by Crippen LogP contribution is -2.21. The van der Waals surface area contributed by atoms with Gasteiger partial charge in [-0.2, -0.15) is 8.78 Å². The Kier molecular flexibility index (Phi) is 4.92. The van der Waals surface area contributed by atoms with Crippen molar-refractivity contribution in [3.05, 3.63) is 64.1 Å². The Morgan fingerprint density at radius 1 is 1.07 bits per heavy atom. The van der Waals surface area contributed by atoms with Gasteiger partial charge in [-0.3, -0.25) is 4.99 Å². The second-order valence-electron chi connectivity index (χ2n) is 8.37. The third-order valence-electron chi connectivity index (χ3n) is 4.73. The van der Waals surface area contributed by atoms with E-state index in [0.29, 0.717) is 28.4 Å². The predicted octanol–water partition coefficient (Wildman–Crippen LogP) is 6.04. The standard InChI is InChI=1S/C22H21F3N4S/c1-12-9-17(26-11-12)28-19-18-15(10-16(30-18)21(2,3)4)27-20(29-19)22(24,25)13-5-7-14(23)8-6-13/h5-10H,11H2,1-4H3,(H,26,27,28,29). The largest absolute Gasteiger partial charge is 0.331 e. The zero-order chi connectivity index (χ0) is 21.7. The third-order valence-corrected chi connectivity index (χ3v) is 6.28. The minimum Gasteiger partial charge on any atom is -0.324 e. The molecule has 0 atom stereocenters. The first-order valence-corrected chi connectivity index (χ1v) is 10.3. The summed E-state index contributed by atoms with van der Waals surface area (Å²) in [7, 11) is 0. The molecule has 1 aliphatic rings. The molecule has 0 saturated carbocycles. The van der Waals surface area contributed by atoms with Crippen molar-refractivity contribution in [2.45, 2.75) is 39.0 Å². The molecule has 3 aromatic rings. The number of anilines is 1. The number of halogens is 3. The lowest BCUT2D eigenvalue weighted by atomic mass is 9.95. The number of benzene rings is 1. The average Bonchev–Trinajstić information content (AvgIpc) is 3.28. The highest BCUT2D eigenvalue weighted by Crippen LogP contribution is 2.40. The van der Waals surface area contributed by atoms with Crippen LogP contribution in [0.25, 0.3) is 10.2 Å². The van der Waals surface area contributed by atoms with E-state index < -0.39 is 17.6 Å². The summed E-state index contributed by atoms with van der Waals surface area (Å²) in [6.45, 7) is 8.68. The number of hydrogen-bond donors (Lipinski definition) is 1. The molecule has 2 aromatic heterocycles. The van der Waals surface area contributed by atoms with Crippen LogP contribution < -0.4 is 5.32 Å². The van der Waals surface area contributed by atoms with Crippen LogP contribution in [0.3, 0.4) is 0 Å². The van der Waals surface area contributed by atoms with E-state index >= 15 is 8.78 Å². The second-order valence-corrected chi connectivity index (χ2v) is 9.42. The van der Waals surface area contributed by atoms with Crippen LogP contribution in [0.15, 0.2) is 47.0 Å². The molecule has 1 aromatic carbocycles. The van der Waals surface area contributed by atoms with Gasteiger partial charge in [0.15, 0.2) is 5.82 Å². The van der Waals surface area contributed by atoms with Gasteiger partial charge >= 0.3 is 5.92 Å². The minimum absolute atomic E-state index is 0.163. The monoisotopic (exact) mass is 430 g/mol. The summed E-state index contributed by atoms with van der Waals surface area (Å²) < 4.78 is 44.4. The first kappa shape index (κ1) is 20.5. The van der Waals surface area contributed by atoms with Crippen LogP contribution in [0, 0.1) is 5.82 Å². The average molecular weight is 430 g/mol. The van der Waals surface area contributed by atoms with Crippen molar-refractivity contribution < 1.29 is 13.2 Å². The van der Waals surface area contributed by atoms with Crippen LogP contribution in [0.2, 0.25) is 0 Å². The molecule has 3 heterocycles. The van der Waals surface area contributed by atoms with Crippen LogP contribution in [0.1, 0.15) is 44.0 Å². The van der Waals surface area contributed by atoms with E-state index in [9.17, 15) is 4.39 Å². The molecule has 8 heteroatoms. The number of fused-ring (bicyclic) bond motifs is 1. The normalized spacial score (nSPS) is 14.8. The molecular weight excluding hydrogens is 409 g/mol. The Hall–Kier alpha value is -2.74. The van der Waals surface area contributed by atoms with Crippen molar-refractivity contribution in [3.63, 3.8) is 0 Å². The highest BCUT2D eigenvalue weighted by atomic mass is 32.1. The van der Waals surface area contributed by atoms with Gasteiger partial charge in [-0.1, -0.05) is 20.8 Å². The molecule has 156 valence electrons. The van der Waals surface area contributed by atoms with Gasteiger partial charge in [-0.05, 0) is 54.3 Å². The van der Waals surface area contributed by atoms with Gasteiger partial charge in [-0.25, -0.2) is 14.4 Å². The quantitative estimate of drug-likeness (QED) is 0.551. The van der Waals surface area contributed by atoms with Gasteiger partial charge in [0.1, 0.15) is 11.7 Å². The maximum Gasteiger partial charge on any atom is 0.331 e. The van der Waals surface area contributed by atoms with Crippen molar-refractivity contribution in [2.75, 3.05) is 11.9 Å². The molecule has 0 amide bonds. The van der Waals surface area contributed by atoms with Crippen LogP contribution in [-0.2, 0) is 11.3 Å². The Morgan fingerprint density at radius 3 is 2.37 bits per heavy atom. The lowest BCUT2D eigenvalue weighted by molar-refractivity contribution is 0.0333. The summed E-state index contributed by atoms with van der Waals surface area (Å²) >= 11 is 1.47. The number of aliphatic imine (C=N–C) groups is 1. The molecule has 0 bridgehead atoms. The molecule has 4 rings (SSSR count). The van der Waals surface area contributed by atoms with Gasteiger partial charge in [0.05, 0.1) is 16.8 Å². The summed E-state index contributed by atoms with van der Waals surface area (Å²) in [5.74, 6) is -3.83. The first-order chi connectivity index (χ1) is 14.0. The molecule has 0 radical (unpaired) electrons. The number of alkyl halides is 2. The van der Waals surface area contributed by atoms with Crippen molar-refractivity contribution in [2.24, 2.45) is 4.99 Å². The fourth-order valence-corrected chi connectivity index (χ4v) is 4.14. The molecule has 1 aliphatic heterocycles. The number of aromatic nitrogens is 2. The van der Waals surface area contributed by atoms with E-state index in [1.165, 1.54) is 11.3 Å². The number of amidine groups is 1. The Labute approximate surface area is 176 Å². The molecule has 0 fully saturated rings. The topological polar surface area (TPSA) is 50.2 Å². The molecule has 0 saturated heterocycles. The molecule has 4 nitrogen and oxygen atoms in total. The van der Waals surface area contributed by atoms with Crippen molar-refractivity contribution in [1.29, 1.82) is 0 Å². The number of thiophene rings is 1. The van der Waals surface area contributed by atoms with Crippen LogP contribution in [-0.4, -0.2) is 22.3 Å². The van der Waals surface area contributed by atoms with Gasteiger partial charge in [0.25, 0.3) is 0 Å². The first-order valence-electron chi connectivity index (χ1n) is 9.49. The van der Waals surface area contributed by atoms with E-state index in [1.54, 1.807) is 0 Å². The Morgan fingerprint density at radius 2 is 1.77 bits per heavy atom. The van der Waals surface area contributed by atoms with E-state index in [4.69, 9.17) is 0 Å². The van der Waals surface area contributed by atoms with E-state index in [1.807, 2.05) is 19.1 Å². The Bertz CT molecular complexity index is 1170. The number of hydrogen-bond acceptors (Lipinski definition) is 5. The second kappa shape index (κ2) is 7.19. The molecule has 0 spiro atoms. The number of rotatable bonds is 3. The van der Waals surface area contributed by atoms with Crippen LogP contribution in [0.5, 0.6) is 0 Å². The van der Waals surface area contributed by atoms with Crippen LogP contribution >= 0.6 is 11.3 Å². The smallest absolute Gasteiger partial charge is 0.324 e. The summed E-state index contributed by atoms with van der Waals surface area (Å²) in [6.07, 6.45) is 1.87. The summed E-state index contributed by atoms with van der Waals surface area (Å²) in [6, 6.07) is 5.94. The molecule has 0 aliphatic carbocycles. The zero-order valence-electron chi connectivity index (χ0n) is 17.1. The van der Waals surface area contributed by atoms with E-state index in [-0.39, 0.29) is 11.0 Å².